The first kappa shape index (κ1) is 16.0. The van der Waals surface area contributed by atoms with Crippen LogP contribution in [0.4, 0.5) is 4.39 Å². The van der Waals surface area contributed by atoms with E-state index in [4.69, 9.17) is 16.9 Å². The van der Waals surface area contributed by atoms with Gasteiger partial charge in [-0.1, -0.05) is 18.1 Å². The number of carbonyl (C=O) groups excluding carboxylic acids is 1. The molecule has 0 saturated carbocycles. The summed E-state index contributed by atoms with van der Waals surface area (Å²) in [6, 6.07) is 4.47. The van der Waals surface area contributed by atoms with Crippen molar-refractivity contribution in [1.82, 2.24) is 5.32 Å². The van der Waals surface area contributed by atoms with Gasteiger partial charge in [0.05, 0.1) is 6.54 Å². The van der Waals surface area contributed by atoms with E-state index in [0.29, 0.717) is 12.0 Å². The van der Waals surface area contributed by atoms with Crippen LogP contribution in [0.25, 0.3) is 0 Å². The van der Waals surface area contributed by atoms with Gasteiger partial charge in [-0.05, 0) is 31.9 Å². The molecule has 5 heteroatoms. The van der Waals surface area contributed by atoms with Crippen LogP contribution in [-0.4, -0.2) is 24.6 Å². The lowest BCUT2D eigenvalue weighted by Crippen LogP contribution is -2.36. The summed E-state index contributed by atoms with van der Waals surface area (Å²) < 4.78 is 19.3. The van der Waals surface area contributed by atoms with E-state index < -0.39 is 17.8 Å². The van der Waals surface area contributed by atoms with Crippen LogP contribution in [0.5, 0.6) is 5.75 Å². The number of terminal acetylenes is 1. The van der Waals surface area contributed by atoms with Crippen molar-refractivity contribution in [2.75, 3.05) is 6.54 Å². The van der Waals surface area contributed by atoms with Gasteiger partial charge in [-0.15, -0.1) is 6.42 Å². The fourth-order valence-electron chi connectivity index (χ4n) is 1.71. The molecule has 0 aliphatic heterocycles. The van der Waals surface area contributed by atoms with Crippen molar-refractivity contribution < 1.29 is 13.9 Å². The fraction of sp³-hybridized carbons (Fsp3) is 0.400. The van der Waals surface area contributed by atoms with Crippen molar-refractivity contribution in [2.24, 2.45) is 5.73 Å². The number of nitrogens with two attached hydrogens (primary N) is 1. The molecule has 1 aromatic carbocycles. The standard InChI is InChI=1S/C15H19FN2O2/c1-4-8-18-15(19)11(3)20-14-12(9-10(2)17)6-5-7-13(14)16/h1,5-7,10-11H,8-9,17H2,2-3H3,(H,18,19). The van der Waals surface area contributed by atoms with Crippen molar-refractivity contribution in [1.29, 1.82) is 0 Å². The number of rotatable bonds is 6. The third-order valence-corrected chi connectivity index (χ3v) is 2.62. The van der Waals surface area contributed by atoms with Gasteiger partial charge in [-0.25, -0.2) is 4.39 Å². The second kappa shape index (κ2) is 7.51. The zero-order chi connectivity index (χ0) is 15.1. The first-order valence-electron chi connectivity index (χ1n) is 6.36. The second-order valence-corrected chi connectivity index (χ2v) is 4.59. The predicted molar refractivity (Wildman–Crippen MR) is 75.7 cm³/mol. The molecule has 0 fully saturated rings. The molecule has 2 atom stereocenters. The highest BCUT2D eigenvalue weighted by Gasteiger charge is 2.19. The topological polar surface area (TPSA) is 64.3 Å². The van der Waals surface area contributed by atoms with Crippen LogP contribution in [-0.2, 0) is 11.2 Å². The molecule has 0 aliphatic rings. The summed E-state index contributed by atoms with van der Waals surface area (Å²) in [5.74, 6) is 1.45. The molecule has 1 amide bonds. The number of benzene rings is 1. The summed E-state index contributed by atoms with van der Waals surface area (Å²) in [5, 5.41) is 2.48. The van der Waals surface area contributed by atoms with Crippen LogP contribution in [0.2, 0.25) is 0 Å². The van der Waals surface area contributed by atoms with Crippen molar-refractivity contribution in [2.45, 2.75) is 32.4 Å². The maximum atomic E-state index is 13.8. The minimum atomic E-state index is -0.841. The SMILES string of the molecule is C#CCNC(=O)C(C)Oc1c(F)cccc1CC(C)N. The average molecular weight is 278 g/mol. The van der Waals surface area contributed by atoms with Crippen molar-refractivity contribution in [3.8, 4) is 18.1 Å². The Hall–Kier alpha value is -2.06. The fourth-order valence-corrected chi connectivity index (χ4v) is 1.71. The third-order valence-electron chi connectivity index (χ3n) is 2.62. The van der Waals surface area contributed by atoms with Crippen LogP contribution >= 0.6 is 0 Å². The van der Waals surface area contributed by atoms with E-state index in [1.165, 1.54) is 13.0 Å². The minimum Gasteiger partial charge on any atom is -0.478 e. The molecule has 0 heterocycles. The Morgan fingerprint density at radius 2 is 2.25 bits per heavy atom. The normalized spacial score (nSPS) is 13.2. The molecular weight excluding hydrogens is 259 g/mol. The van der Waals surface area contributed by atoms with E-state index in [1.54, 1.807) is 12.1 Å². The number of carbonyl (C=O) groups is 1. The van der Waals surface area contributed by atoms with E-state index in [0.717, 1.165) is 0 Å². The van der Waals surface area contributed by atoms with Gasteiger partial charge in [0.2, 0.25) is 0 Å². The molecule has 3 N–H and O–H groups in total. The maximum absolute atomic E-state index is 13.8. The minimum absolute atomic E-state index is 0.0631. The van der Waals surface area contributed by atoms with Gasteiger partial charge in [0.25, 0.3) is 5.91 Å². The zero-order valence-electron chi connectivity index (χ0n) is 11.7. The van der Waals surface area contributed by atoms with Crippen molar-refractivity contribution in [3.05, 3.63) is 29.6 Å². The number of ether oxygens (including phenoxy) is 1. The van der Waals surface area contributed by atoms with Gasteiger partial charge in [0, 0.05) is 6.04 Å². The molecule has 2 unspecified atom stereocenters. The van der Waals surface area contributed by atoms with Crippen LogP contribution in [0, 0.1) is 18.2 Å². The average Bonchev–Trinajstić information content (AvgIpc) is 2.39. The van der Waals surface area contributed by atoms with Gasteiger partial charge < -0.3 is 15.8 Å². The highest BCUT2D eigenvalue weighted by atomic mass is 19.1. The lowest BCUT2D eigenvalue weighted by Gasteiger charge is -2.18. The lowest BCUT2D eigenvalue weighted by atomic mass is 10.1. The Labute approximate surface area is 118 Å². The molecule has 20 heavy (non-hydrogen) atoms. The number of para-hydroxylation sites is 1. The molecular formula is C15H19FN2O2. The molecule has 0 bridgehead atoms. The summed E-state index contributed by atoms with van der Waals surface area (Å²) in [4.78, 5) is 11.7. The summed E-state index contributed by atoms with van der Waals surface area (Å²) in [6.07, 6.45) is 4.68. The van der Waals surface area contributed by atoms with E-state index in [1.807, 2.05) is 6.92 Å². The van der Waals surface area contributed by atoms with Crippen LogP contribution in [0.15, 0.2) is 18.2 Å². The van der Waals surface area contributed by atoms with E-state index in [-0.39, 0.29) is 18.3 Å². The largest absolute Gasteiger partial charge is 0.478 e. The maximum Gasteiger partial charge on any atom is 0.261 e. The highest BCUT2D eigenvalue weighted by molar-refractivity contribution is 5.80. The molecule has 108 valence electrons. The first-order valence-corrected chi connectivity index (χ1v) is 6.36. The van der Waals surface area contributed by atoms with Gasteiger partial charge in [-0.3, -0.25) is 4.79 Å². The molecule has 0 aliphatic carbocycles. The Morgan fingerprint density at radius 1 is 1.55 bits per heavy atom. The van der Waals surface area contributed by atoms with E-state index in [2.05, 4.69) is 11.2 Å². The number of nitrogens with one attached hydrogen (secondary N) is 1. The van der Waals surface area contributed by atoms with Crippen LogP contribution < -0.4 is 15.8 Å². The molecule has 1 aromatic rings. The zero-order valence-corrected chi connectivity index (χ0v) is 11.7. The quantitative estimate of drug-likeness (QED) is 0.769. The third kappa shape index (κ3) is 4.56. The van der Waals surface area contributed by atoms with Crippen molar-refractivity contribution in [3.63, 3.8) is 0 Å². The molecule has 4 nitrogen and oxygen atoms in total. The van der Waals surface area contributed by atoms with Gasteiger partial charge in [-0.2, -0.15) is 0 Å². The predicted octanol–water partition coefficient (Wildman–Crippen LogP) is 1.23. The Bertz CT molecular complexity index is 509. The monoisotopic (exact) mass is 278 g/mol. The smallest absolute Gasteiger partial charge is 0.261 e. The number of hydrogen-bond acceptors (Lipinski definition) is 3. The Morgan fingerprint density at radius 3 is 2.85 bits per heavy atom. The molecule has 0 saturated heterocycles. The summed E-state index contributed by atoms with van der Waals surface area (Å²) in [5.41, 5.74) is 6.36. The van der Waals surface area contributed by atoms with Gasteiger partial charge >= 0.3 is 0 Å². The van der Waals surface area contributed by atoms with Gasteiger partial charge in [0.1, 0.15) is 0 Å². The molecule has 0 aromatic heterocycles. The summed E-state index contributed by atoms with van der Waals surface area (Å²) in [6.45, 7) is 3.46. The molecule has 0 radical (unpaired) electrons. The van der Waals surface area contributed by atoms with Gasteiger partial charge in [0.15, 0.2) is 17.7 Å². The Kier molecular flexibility index (Phi) is 6.01. The highest BCUT2D eigenvalue weighted by Crippen LogP contribution is 2.25. The number of halogens is 1. The second-order valence-electron chi connectivity index (χ2n) is 4.59. The van der Waals surface area contributed by atoms with Crippen LogP contribution in [0.1, 0.15) is 19.4 Å². The molecule has 1 rings (SSSR count). The Balaban J connectivity index is 2.85. The first-order chi connectivity index (χ1) is 9.45. The van der Waals surface area contributed by atoms with E-state index in [9.17, 15) is 9.18 Å². The molecule has 0 spiro atoms. The summed E-state index contributed by atoms with van der Waals surface area (Å²) in [7, 11) is 0. The number of amides is 1. The number of hydrogen-bond donors (Lipinski definition) is 2. The summed E-state index contributed by atoms with van der Waals surface area (Å²) >= 11 is 0. The van der Waals surface area contributed by atoms with E-state index >= 15 is 0 Å². The lowest BCUT2D eigenvalue weighted by molar-refractivity contribution is -0.127. The van der Waals surface area contributed by atoms with Crippen molar-refractivity contribution >= 4 is 5.91 Å². The van der Waals surface area contributed by atoms with Crippen LogP contribution in [0.3, 0.4) is 0 Å².